The first-order valence-corrected chi connectivity index (χ1v) is 8.03. The van der Waals surface area contributed by atoms with Crippen LogP contribution in [0.4, 0.5) is 0 Å². The highest BCUT2D eigenvalue weighted by molar-refractivity contribution is 5.84. The van der Waals surface area contributed by atoms with Gasteiger partial charge in [0.05, 0.1) is 6.54 Å². The van der Waals surface area contributed by atoms with E-state index in [0.717, 1.165) is 18.5 Å². The second-order valence-electron chi connectivity index (χ2n) is 6.66. The molecule has 0 N–H and O–H groups in total. The number of hydrogen-bond acceptors (Lipinski definition) is 2. The van der Waals surface area contributed by atoms with Crippen LogP contribution in [0.15, 0.2) is 18.3 Å². The molecule has 1 aromatic heterocycles. The summed E-state index contributed by atoms with van der Waals surface area (Å²) >= 11 is 0. The molecule has 1 saturated carbocycles. The molecule has 1 heterocycles. The van der Waals surface area contributed by atoms with Crippen molar-refractivity contribution >= 4 is 11.8 Å². The summed E-state index contributed by atoms with van der Waals surface area (Å²) in [5.41, 5.74) is 1.11. The van der Waals surface area contributed by atoms with Crippen molar-refractivity contribution in [2.45, 2.75) is 46.2 Å². The molecule has 0 unspecified atom stereocenters. The van der Waals surface area contributed by atoms with Gasteiger partial charge in [0.2, 0.25) is 11.8 Å². The summed E-state index contributed by atoms with van der Waals surface area (Å²) in [6.07, 6.45) is 4.03. The first-order valence-electron chi connectivity index (χ1n) is 8.03. The summed E-state index contributed by atoms with van der Waals surface area (Å²) in [4.78, 5) is 28.0. The molecule has 5 heteroatoms. The van der Waals surface area contributed by atoms with Gasteiger partial charge in [-0.2, -0.15) is 0 Å². The molecule has 0 bridgehead atoms. The van der Waals surface area contributed by atoms with Crippen LogP contribution in [0, 0.1) is 5.92 Å². The Balaban J connectivity index is 2.05. The van der Waals surface area contributed by atoms with Gasteiger partial charge in [-0.15, -0.1) is 0 Å². The van der Waals surface area contributed by atoms with Crippen LogP contribution in [0.25, 0.3) is 0 Å². The van der Waals surface area contributed by atoms with Gasteiger partial charge in [0.1, 0.15) is 6.54 Å². The predicted octanol–water partition coefficient (Wildman–Crippen LogP) is 2.02. The van der Waals surface area contributed by atoms with E-state index in [1.807, 2.05) is 34.8 Å². The van der Waals surface area contributed by atoms with Crippen molar-refractivity contribution in [1.82, 2.24) is 14.4 Å². The van der Waals surface area contributed by atoms with E-state index in [4.69, 9.17) is 0 Å². The SMILES string of the molecule is CC(=O)N(CC(=O)N(Cc1cccn1C)CC(C)C)C1CC1. The topological polar surface area (TPSA) is 45.6 Å². The van der Waals surface area contributed by atoms with Gasteiger partial charge in [-0.05, 0) is 30.9 Å². The molecule has 5 nitrogen and oxygen atoms in total. The Morgan fingerprint density at radius 2 is 2.05 bits per heavy atom. The van der Waals surface area contributed by atoms with Gasteiger partial charge < -0.3 is 14.4 Å². The van der Waals surface area contributed by atoms with Crippen LogP contribution in [0.2, 0.25) is 0 Å². The van der Waals surface area contributed by atoms with Gasteiger partial charge in [-0.25, -0.2) is 0 Å². The molecule has 0 radical (unpaired) electrons. The second kappa shape index (κ2) is 6.99. The Bertz CT molecular complexity index is 532. The summed E-state index contributed by atoms with van der Waals surface area (Å²) in [5, 5.41) is 0. The van der Waals surface area contributed by atoms with Gasteiger partial charge in [-0.3, -0.25) is 9.59 Å². The number of amides is 2. The molecule has 0 spiro atoms. The molecule has 0 atom stereocenters. The predicted molar refractivity (Wildman–Crippen MR) is 86.1 cm³/mol. The minimum absolute atomic E-state index is 0.000728. The Labute approximate surface area is 132 Å². The summed E-state index contributed by atoms with van der Waals surface area (Å²) < 4.78 is 2.03. The van der Waals surface area contributed by atoms with Crippen molar-refractivity contribution in [1.29, 1.82) is 0 Å². The van der Waals surface area contributed by atoms with E-state index in [-0.39, 0.29) is 24.4 Å². The lowest BCUT2D eigenvalue weighted by Gasteiger charge is -2.28. The lowest BCUT2D eigenvalue weighted by molar-refractivity contribution is -0.140. The van der Waals surface area contributed by atoms with E-state index in [2.05, 4.69) is 13.8 Å². The van der Waals surface area contributed by atoms with E-state index in [1.165, 1.54) is 0 Å². The Morgan fingerprint density at radius 1 is 1.36 bits per heavy atom. The lowest BCUT2D eigenvalue weighted by atomic mass is 10.2. The highest BCUT2D eigenvalue weighted by Crippen LogP contribution is 2.26. The molecule has 0 saturated heterocycles. The fraction of sp³-hybridized carbons (Fsp3) is 0.647. The minimum atomic E-state index is -0.000728. The number of carbonyl (C=O) groups is 2. The smallest absolute Gasteiger partial charge is 0.242 e. The van der Waals surface area contributed by atoms with E-state index in [1.54, 1.807) is 11.8 Å². The third-order valence-corrected chi connectivity index (χ3v) is 4.04. The van der Waals surface area contributed by atoms with E-state index in [9.17, 15) is 9.59 Å². The van der Waals surface area contributed by atoms with Crippen LogP contribution in [0.1, 0.15) is 39.3 Å². The van der Waals surface area contributed by atoms with Crippen molar-refractivity contribution in [3.8, 4) is 0 Å². The van der Waals surface area contributed by atoms with E-state index in [0.29, 0.717) is 19.0 Å². The highest BCUT2D eigenvalue weighted by atomic mass is 16.2. The van der Waals surface area contributed by atoms with Crippen molar-refractivity contribution in [3.05, 3.63) is 24.0 Å². The van der Waals surface area contributed by atoms with Gasteiger partial charge in [0.25, 0.3) is 0 Å². The lowest BCUT2D eigenvalue weighted by Crippen LogP contribution is -2.44. The molecule has 0 aromatic carbocycles. The number of hydrogen-bond donors (Lipinski definition) is 0. The van der Waals surface area contributed by atoms with Crippen LogP contribution in [0.3, 0.4) is 0 Å². The number of rotatable bonds is 7. The van der Waals surface area contributed by atoms with Crippen molar-refractivity contribution < 1.29 is 9.59 Å². The van der Waals surface area contributed by atoms with Crippen molar-refractivity contribution in [2.24, 2.45) is 13.0 Å². The summed E-state index contributed by atoms with van der Waals surface area (Å²) in [6, 6.07) is 4.29. The molecule has 1 aromatic rings. The molecule has 2 amide bonds. The molecule has 2 rings (SSSR count). The summed E-state index contributed by atoms with van der Waals surface area (Å²) in [6.45, 7) is 7.27. The quantitative estimate of drug-likeness (QED) is 0.773. The van der Waals surface area contributed by atoms with Crippen LogP contribution in [-0.4, -0.2) is 45.3 Å². The monoisotopic (exact) mass is 305 g/mol. The zero-order chi connectivity index (χ0) is 16.3. The van der Waals surface area contributed by atoms with Crippen LogP contribution in [-0.2, 0) is 23.2 Å². The largest absolute Gasteiger partial charge is 0.353 e. The maximum atomic E-state index is 12.7. The Hall–Kier alpha value is -1.78. The Morgan fingerprint density at radius 3 is 2.50 bits per heavy atom. The Kier molecular flexibility index (Phi) is 5.27. The summed E-state index contributed by atoms with van der Waals surface area (Å²) in [7, 11) is 1.99. The fourth-order valence-electron chi connectivity index (χ4n) is 2.68. The fourth-order valence-corrected chi connectivity index (χ4v) is 2.68. The van der Waals surface area contributed by atoms with Crippen LogP contribution in [0.5, 0.6) is 0 Å². The highest BCUT2D eigenvalue weighted by Gasteiger charge is 2.33. The zero-order valence-electron chi connectivity index (χ0n) is 14.1. The maximum absolute atomic E-state index is 12.7. The number of aryl methyl sites for hydroxylation is 1. The summed E-state index contributed by atoms with van der Waals surface area (Å²) in [5.74, 6) is 0.437. The van der Waals surface area contributed by atoms with Gasteiger partial charge >= 0.3 is 0 Å². The normalized spacial score (nSPS) is 14.2. The molecular formula is C17H27N3O2. The molecule has 0 aliphatic heterocycles. The molecule has 1 fully saturated rings. The standard InChI is InChI=1S/C17H27N3O2/c1-13(2)10-19(11-16-6-5-9-18(16)4)17(22)12-20(14(3)21)15-7-8-15/h5-6,9,13,15H,7-8,10-12H2,1-4H3. The first-order chi connectivity index (χ1) is 10.4. The first kappa shape index (κ1) is 16.6. The average Bonchev–Trinajstić information content (AvgIpc) is 3.19. The number of aromatic nitrogens is 1. The van der Waals surface area contributed by atoms with Crippen molar-refractivity contribution in [2.75, 3.05) is 13.1 Å². The van der Waals surface area contributed by atoms with E-state index >= 15 is 0 Å². The number of carbonyl (C=O) groups excluding carboxylic acids is 2. The zero-order valence-corrected chi connectivity index (χ0v) is 14.1. The van der Waals surface area contributed by atoms with Gasteiger partial charge in [0.15, 0.2) is 0 Å². The van der Waals surface area contributed by atoms with Crippen LogP contribution < -0.4 is 0 Å². The molecular weight excluding hydrogens is 278 g/mol. The van der Waals surface area contributed by atoms with Crippen molar-refractivity contribution in [3.63, 3.8) is 0 Å². The van der Waals surface area contributed by atoms with Gasteiger partial charge in [-0.1, -0.05) is 13.8 Å². The van der Waals surface area contributed by atoms with Crippen LogP contribution >= 0.6 is 0 Å². The second-order valence-corrected chi connectivity index (χ2v) is 6.66. The average molecular weight is 305 g/mol. The number of nitrogens with zero attached hydrogens (tertiary/aromatic N) is 3. The molecule has 22 heavy (non-hydrogen) atoms. The molecule has 1 aliphatic carbocycles. The third kappa shape index (κ3) is 4.36. The van der Waals surface area contributed by atoms with Gasteiger partial charge in [0, 0.05) is 38.4 Å². The molecule has 122 valence electrons. The third-order valence-electron chi connectivity index (χ3n) is 4.04. The van der Waals surface area contributed by atoms with E-state index < -0.39 is 0 Å². The molecule has 1 aliphatic rings. The minimum Gasteiger partial charge on any atom is -0.353 e. The maximum Gasteiger partial charge on any atom is 0.242 e.